The molecular weight excluding hydrogens is 373 g/mol. The molecule has 0 saturated carbocycles. The Hall–Kier alpha value is -4.39. The van der Waals surface area contributed by atoms with Crippen LogP contribution in [0.15, 0.2) is 49.3 Å². The number of terminal acetylenes is 1. The number of nitrogens with one attached hydrogen (secondary N) is 2. The molecule has 0 unspecified atom stereocenters. The van der Waals surface area contributed by atoms with E-state index in [1.165, 1.54) is 18.5 Å². The van der Waals surface area contributed by atoms with Gasteiger partial charge in [-0.05, 0) is 18.2 Å². The van der Waals surface area contributed by atoms with E-state index in [2.05, 4.69) is 53.1 Å². The van der Waals surface area contributed by atoms with Crippen molar-refractivity contribution in [1.29, 1.82) is 0 Å². The minimum Gasteiger partial charge on any atom is -0.361 e. The first kappa shape index (κ1) is 18.0. The average Bonchev–Trinajstić information content (AvgIpc) is 3.38. The summed E-state index contributed by atoms with van der Waals surface area (Å²) >= 11 is 0. The number of aromatic nitrogens is 8. The molecule has 5 aromatic rings. The minimum absolute atomic E-state index is 0.319. The van der Waals surface area contributed by atoms with Crippen LogP contribution in [-0.4, -0.2) is 39.5 Å². The summed E-state index contributed by atoms with van der Waals surface area (Å²) < 4.78 is 15.5. The van der Waals surface area contributed by atoms with Gasteiger partial charge in [-0.15, -0.1) is 12.8 Å². The van der Waals surface area contributed by atoms with Gasteiger partial charge in [0, 0.05) is 18.5 Å². The molecule has 10 heteroatoms. The van der Waals surface area contributed by atoms with Crippen molar-refractivity contribution < 1.29 is 4.39 Å². The number of nitrogens with zero attached hydrogens (tertiary/aromatic N) is 7. The second-order valence-corrected chi connectivity index (χ2v) is 5.72. The maximum Gasteiger partial charge on any atom is 0.235 e. The van der Waals surface area contributed by atoms with E-state index in [-0.39, 0.29) is 5.82 Å². The number of rotatable bonds is 4. The van der Waals surface area contributed by atoms with Gasteiger partial charge in [0.2, 0.25) is 5.95 Å². The van der Waals surface area contributed by atoms with Crippen molar-refractivity contribution in [1.82, 2.24) is 39.5 Å². The molecule has 9 nitrogen and oxygen atoms in total. The lowest BCUT2D eigenvalue weighted by atomic mass is 10.3. The maximum absolute atomic E-state index is 13.8. The quantitative estimate of drug-likeness (QED) is 0.456. The van der Waals surface area contributed by atoms with Crippen LogP contribution in [-0.2, 0) is 6.54 Å². The Morgan fingerprint density at radius 1 is 1.07 bits per heavy atom. The van der Waals surface area contributed by atoms with Crippen LogP contribution in [0.2, 0.25) is 0 Å². The van der Waals surface area contributed by atoms with Gasteiger partial charge in [-0.25, -0.2) is 34.3 Å². The van der Waals surface area contributed by atoms with Crippen LogP contribution in [0.3, 0.4) is 0 Å². The molecule has 29 heavy (non-hydrogen) atoms. The topological polar surface area (TPSA) is 110 Å². The van der Waals surface area contributed by atoms with Gasteiger partial charge in [0.05, 0.1) is 23.9 Å². The monoisotopic (exact) mass is 387 g/mol. The molecule has 4 aromatic heterocycles. The molecule has 0 aliphatic rings. The molecule has 0 radical (unpaired) electrons. The number of hydrogen-bond acceptors (Lipinski definition) is 7. The number of benzene rings is 1. The van der Waals surface area contributed by atoms with Crippen LogP contribution in [0.1, 0.15) is 5.82 Å². The lowest BCUT2D eigenvalue weighted by molar-refractivity contribution is 0.629. The number of imidazole rings is 2. The molecule has 4 heterocycles. The van der Waals surface area contributed by atoms with Crippen LogP contribution in [0.5, 0.6) is 0 Å². The van der Waals surface area contributed by atoms with Gasteiger partial charge >= 0.3 is 0 Å². The fraction of sp³-hybridized carbons (Fsp3) is 0.0526. The van der Waals surface area contributed by atoms with Gasteiger partial charge < -0.3 is 10.3 Å². The highest BCUT2D eigenvalue weighted by atomic mass is 19.1. The van der Waals surface area contributed by atoms with E-state index in [9.17, 15) is 4.39 Å². The number of anilines is 1. The van der Waals surface area contributed by atoms with E-state index >= 15 is 0 Å². The normalized spacial score (nSPS) is 10.6. The highest BCUT2D eigenvalue weighted by Crippen LogP contribution is 2.22. The van der Waals surface area contributed by atoms with Crippen molar-refractivity contribution in [2.75, 3.05) is 5.32 Å². The van der Waals surface area contributed by atoms with Crippen molar-refractivity contribution in [2.45, 2.75) is 6.54 Å². The lowest BCUT2D eigenvalue weighted by Gasteiger charge is -2.09. The summed E-state index contributed by atoms with van der Waals surface area (Å²) in [6, 6.07) is 6.14. The Morgan fingerprint density at radius 2 is 1.90 bits per heavy atom. The van der Waals surface area contributed by atoms with Crippen molar-refractivity contribution in [2.24, 2.45) is 0 Å². The molecule has 2 N–H and O–H groups in total. The molecule has 5 rings (SSSR count). The van der Waals surface area contributed by atoms with Crippen LogP contribution >= 0.6 is 0 Å². The minimum atomic E-state index is -0.353. The van der Waals surface area contributed by atoms with E-state index in [4.69, 9.17) is 0 Å². The van der Waals surface area contributed by atoms with Gasteiger partial charge in [-0.3, -0.25) is 4.57 Å². The first-order valence-electron chi connectivity index (χ1n) is 8.45. The molecule has 142 valence electrons. The van der Waals surface area contributed by atoms with Crippen LogP contribution in [0.4, 0.5) is 10.2 Å². The molecule has 0 atom stereocenters. The Bertz CT molecular complexity index is 1290. The van der Waals surface area contributed by atoms with Crippen molar-refractivity contribution in [3.63, 3.8) is 0 Å². The Labute approximate surface area is 164 Å². The van der Waals surface area contributed by atoms with E-state index in [1.807, 2.05) is 0 Å². The molecule has 0 amide bonds. The summed E-state index contributed by atoms with van der Waals surface area (Å²) in [6.07, 6.45) is 14.2. The molecule has 0 bridgehead atoms. The SMILES string of the molecule is C#C.Fc1ccc2nc(CNc3ncnc4nc[nH]c34)n(-c3ncccn3)c2c1. The van der Waals surface area contributed by atoms with Gasteiger partial charge in [-0.1, -0.05) is 0 Å². The molecule has 0 spiro atoms. The van der Waals surface area contributed by atoms with Gasteiger partial charge in [0.15, 0.2) is 11.5 Å². The fourth-order valence-corrected chi connectivity index (χ4v) is 2.91. The fourth-order valence-electron chi connectivity index (χ4n) is 2.91. The summed E-state index contributed by atoms with van der Waals surface area (Å²) in [6.45, 7) is 0.319. The van der Waals surface area contributed by atoms with Gasteiger partial charge in [0.25, 0.3) is 0 Å². The number of halogens is 1. The van der Waals surface area contributed by atoms with Crippen molar-refractivity contribution >= 4 is 28.0 Å². The molecule has 0 fully saturated rings. The standard InChI is InChI=1S/C17H12FN9.C2H2/c18-10-2-3-11-12(6-10)27(17-19-4-1-5-20-17)13(26-11)7-21-15-14-16(23-8-22-14)25-9-24-15;1-2/h1-6,8-9H,7H2,(H2,21,22,23,24,25);1-2H. The van der Waals surface area contributed by atoms with E-state index < -0.39 is 0 Å². The highest BCUT2D eigenvalue weighted by molar-refractivity contribution is 5.82. The van der Waals surface area contributed by atoms with Crippen LogP contribution in [0, 0.1) is 18.7 Å². The number of H-pyrrole nitrogens is 1. The van der Waals surface area contributed by atoms with Gasteiger partial charge in [0.1, 0.15) is 23.5 Å². The zero-order valence-electron chi connectivity index (χ0n) is 15.0. The zero-order chi connectivity index (χ0) is 20.2. The second kappa shape index (κ2) is 7.69. The lowest BCUT2D eigenvalue weighted by Crippen LogP contribution is -2.10. The zero-order valence-corrected chi connectivity index (χ0v) is 15.0. The van der Waals surface area contributed by atoms with Crippen LogP contribution < -0.4 is 5.32 Å². The molecule has 0 saturated heterocycles. The summed E-state index contributed by atoms with van der Waals surface area (Å²) in [5, 5.41) is 3.22. The average molecular weight is 387 g/mol. The third kappa shape index (κ3) is 3.32. The molecule has 0 aliphatic heterocycles. The molecular formula is C19H14FN9. The predicted octanol–water partition coefficient (Wildman–Crippen LogP) is 2.48. The summed E-state index contributed by atoms with van der Waals surface area (Å²) in [7, 11) is 0. The first-order chi connectivity index (χ1) is 14.3. The Morgan fingerprint density at radius 3 is 2.72 bits per heavy atom. The molecule has 0 aliphatic carbocycles. The summed E-state index contributed by atoms with van der Waals surface area (Å²) in [5.74, 6) is 1.27. The Kier molecular flexibility index (Phi) is 4.77. The third-order valence-electron chi connectivity index (χ3n) is 4.08. The summed E-state index contributed by atoms with van der Waals surface area (Å²) in [5.41, 5.74) is 2.50. The number of hydrogen-bond donors (Lipinski definition) is 2. The number of fused-ring (bicyclic) bond motifs is 2. The summed E-state index contributed by atoms with van der Waals surface area (Å²) in [4.78, 5) is 28.6. The second-order valence-electron chi connectivity index (χ2n) is 5.72. The third-order valence-corrected chi connectivity index (χ3v) is 4.08. The predicted molar refractivity (Wildman–Crippen MR) is 106 cm³/mol. The molecule has 1 aromatic carbocycles. The van der Waals surface area contributed by atoms with E-state index in [0.717, 1.165) is 0 Å². The highest BCUT2D eigenvalue weighted by Gasteiger charge is 2.16. The van der Waals surface area contributed by atoms with E-state index in [0.29, 0.717) is 46.3 Å². The van der Waals surface area contributed by atoms with E-state index in [1.54, 1.807) is 35.4 Å². The smallest absolute Gasteiger partial charge is 0.235 e. The Balaban J connectivity index is 0.000000994. The van der Waals surface area contributed by atoms with Crippen LogP contribution in [0.25, 0.3) is 28.1 Å². The number of aromatic amines is 1. The van der Waals surface area contributed by atoms with Gasteiger partial charge in [-0.2, -0.15) is 0 Å². The largest absolute Gasteiger partial charge is 0.361 e. The van der Waals surface area contributed by atoms with Crippen molar-refractivity contribution in [3.05, 3.63) is 61.0 Å². The maximum atomic E-state index is 13.8. The first-order valence-corrected chi connectivity index (χ1v) is 8.45. The van der Waals surface area contributed by atoms with Crippen molar-refractivity contribution in [3.8, 4) is 18.8 Å².